The molecule has 7 heteroatoms. The highest BCUT2D eigenvalue weighted by Crippen LogP contribution is 2.42. The van der Waals surface area contributed by atoms with Crippen molar-refractivity contribution in [1.82, 2.24) is 9.80 Å². The number of ether oxygens (including phenoxy) is 1. The Kier molecular flexibility index (Phi) is 7.25. The summed E-state index contributed by atoms with van der Waals surface area (Å²) in [6, 6.07) is 16.3. The second kappa shape index (κ2) is 10.7. The van der Waals surface area contributed by atoms with Crippen LogP contribution in [-0.2, 0) is 9.59 Å². The summed E-state index contributed by atoms with van der Waals surface area (Å²) in [6.07, 6.45) is 6.42. The third kappa shape index (κ3) is 4.84. The molecule has 0 bridgehead atoms. The summed E-state index contributed by atoms with van der Waals surface area (Å²) in [5.41, 5.74) is 1.27. The maximum absolute atomic E-state index is 13.9. The van der Waals surface area contributed by atoms with E-state index in [0.29, 0.717) is 36.7 Å². The summed E-state index contributed by atoms with van der Waals surface area (Å²) in [5, 5.41) is 2.99. The van der Waals surface area contributed by atoms with Crippen LogP contribution in [0.4, 0.5) is 5.69 Å². The van der Waals surface area contributed by atoms with Crippen LogP contribution in [-0.4, -0.2) is 59.8 Å². The van der Waals surface area contributed by atoms with Crippen LogP contribution in [0.2, 0.25) is 0 Å². The van der Waals surface area contributed by atoms with Crippen molar-refractivity contribution in [3.05, 3.63) is 60.2 Å². The lowest BCUT2D eigenvalue weighted by Gasteiger charge is -2.37. The third-order valence-electron chi connectivity index (χ3n) is 8.09. The van der Waals surface area contributed by atoms with E-state index in [4.69, 9.17) is 4.74 Å². The second-order valence-electron chi connectivity index (χ2n) is 10.3. The SMILES string of the molecule is COc1ccccc1C(=O)N1C(C(=O)N2CCCC(C(=O)Nc3ccccc3)C2)CC2CCCCC21. The predicted molar refractivity (Wildman–Crippen MR) is 138 cm³/mol. The van der Waals surface area contributed by atoms with Crippen LogP contribution in [0.15, 0.2) is 54.6 Å². The van der Waals surface area contributed by atoms with Crippen LogP contribution in [0.3, 0.4) is 0 Å². The molecule has 0 aromatic heterocycles. The summed E-state index contributed by atoms with van der Waals surface area (Å²) < 4.78 is 5.48. The Bertz CT molecular complexity index is 1100. The van der Waals surface area contributed by atoms with Crippen LogP contribution in [0, 0.1) is 11.8 Å². The first-order valence-electron chi connectivity index (χ1n) is 13.2. The first-order valence-corrected chi connectivity index (χ1v) is 13.2. The van der Waals surface area contributed by atoms with Gasteiger partial charge in [-0.2, -0.15) is 0 Å². The van der Waals surface area contributed by atoms with Gasteiger partial charge < -0.3 is 19.9 Å². The number of likely N-dealkylation sites (tertiary alicyclic amines) is 2. The average Bonchev–Trinajstić information content (AvgIpc) is 3.32. The minimum absolute atomic E-state index is 0.0233. The number of anilines is 1. The van der Waals surface area contributed by atoms with Gasteiger partial charge in [0.15, 0.2) is 0 Å². The topological polar surface area (TPSA) is 79.0 Å². The molecule has 4 atom stereocenters. The molecular weight excluding hydrogens is 454 g/mol. The van der Waals surface area contributed by atoms with Crippen molar-refractivity contribution in [3.8, 4) is 5.75 Å². The highest BCUT2D eigenvalue weighted by Gasteiger charge is 2.49. The number of piperidine rings is 1. The Morgan fingerprint density at radius 2 is 1.67 bits per heavy atom. The number of carbonyl (C=O) groups excluding carboxylic acids is 3. The molecule has 4 unspecified atom stereocenters. The molecule has 1 aliphatic carbocycles. The maximum atomic E-state index is 13.9. The van der Waals surface area contributed by atoms with Crippen molar-refractivity contribution < 1.29 is 19.1 Å². The molecule has 3 amide bonds. The van der Waals surface area contributed by atoms with Gasteiger partial charge in [-0.3, -0.25) is 14.4 Å². The summed E-state index contributed by atoms with van der Waals surface area (Å²) in [4.78, 5) is 44.5. The van der Waals surface area contributed by atoms with Gasteiger partial charge in [0, 0.05) is 24.8 Å². The molecule has 3 aliphatic rings. The van der Waals surface area contributed by atoms with E-state index in [1.807, 2.05) is 52.3 Å². The van der Waals surface area contributed by atoms with Gasteiger partial charge in [0.05, 0.1) is 18.6 Å². The van der Waals surface area contributed by atoms with E-state index in [9.17, 15) is 14.4 Å². The van der Waals surface area contributed by atoms with Crippen molar-refractivity contribution >= 4 is 23.4 Å². The minimum Gasteiger partial charge on any atom is -0.496 e. The number of amides is 3. The van der Waals surface area contributed by atoms with Gasteiger partial charge in [0.2, 0.25) is 11.8 Å². The summed E-state index contributed by atoms with van der Waals surface area (Å²) in [5.74, 6) is 0.406. The third-order valence-corrected chi connectivity index (χ3v) is 8.09. The molecule has 2 aromatic carbocycles. The zero-order chi connectivity index (χ0) is 25.1. The van der Waals surface area contributed by atoms with Crippen LogP contribution in [0.1, 0.15) is 55.3 Å². The van der Waals surface area contributed by atoms with Crippen LogP contribution in [0.25, 0.3) is 0 Å². The molecule has 0 radical (unpaired) electrons. The number of methoxy groups -OCH3 is 1. The van der Waals surface area contributed by atoms with E-state index in [1.165, 1.54) is 0 Å². The van der Waals surface area contributed by atoms with Gasteiger partial charge in [-0.15, -0.1) is 0 Å². The van der Waals surface area contributed by atoms with Crippen molar-refractivity contribution in [2.75, 3.05) is 25.5 Å². The van der Waals surface area contributed by atoms with Gasteiger partial charge in [-0.25, -0.2) is 0 Å². The Hall–Kier alpha value is -3.35. The maximum Gasteiger partial charge on any atom is 0.258 e. The number of para-hydroxylation sites is 2. The average molecular weight is 490 g/mol. The van der Waals surface area contributed by atoms with Crippen LogP contribution < -0.4 is 10.1 Å². The van der Waals surface area contributed by atoms with E-state index < -0.39 is 6.04 Å². The quantitative estimate of drug-likeness (QED) is 0.678. The number of hydrogen-bond donors (Lipinski definition) is 1. The monoisotopic (exact) mass is 489 g/mol. The largest absolute Gasteiger partial charge is 0.496 e. The Morgan fingerprint density at radius 3 is 2.47 bits per heavy atom. The number of benzene rings is 2. The van der Waals surface area contributed by atoms with E-state index in [1.54, 1.807) is 19.2 Å². The van der Waals surface area contributed by atoms with Crippen molar-refractivity contribution in [1.29, 1.82) is 0 Å². The van der Waals surface area contributed by atoms with E-state index in [0.717, 1.165) is 44.2 Å². The van der Waals surface area contributed by atoms with Gasteiger partial charge in [-0.05, 0) is 62.3 Å². The lowest BCUT2D eigenvalue weighted by Crippen LogP contribution is -2.53. The van der Waals surface area contributed by atoms with Gasteiger partial charge in [0.25, 0.3) is 5.91 Å². The lowest BCUT2D eigenvalue weighted by molar-refractivity contribution is -0.138. The van der Waals surface area contributed by atoms with E-state index in [2.05, 4.69) is 5.32 Å². The van der Waals surface area contributed by atoms with E-state index >= 15 is 0 Å². The van der Waals surface area contributed by atoms with Gasteiger partial charge >= 0.3 is 0 Å². The zero-order valence-electron chi connectivity index (χ0n) is 20.9. The molecule has 2 aromatic rings. The molecule has 1 N–H and O–H groups in total. The molecule has 1 saturated carbocycles. The van der Waals surface area contributed by atoms with E-state index in [-0.39, 0.29) is 29.7 Å². The molecule has 0 spiro atoms. The highest BCUT2D eigenvalue weighted by atomic mass is 16.5. The molecule has 7 nitrogen and oxygen atoms in total. The smallest absolute Gasteiger partial charge is 0.258 e. The standard InChI is InChI=1S/C29H35N3O4/c1-36-26-16-8-6-14-23(26)28(34)32-24-15-7-5-10-20(24)18-25(32)29(35)31-17-9-11-21(19-31)27(33)30-22-12-3-2-4-13-22/h2-4,6,8,12-14,16,20-21,24-25H,5,7,9-11,15,17-19H2,1H3,(H,30,33). The fraction of sp³-hybridized carbons (Fsp3) is 0.483. The van der Waals surface area contributed by atoms with Crippen LogP contribution >= 0.6 is 0 Å². The van der Waals surface area contributed by atoms with Gasteiger partial charge in [-0.1, -0.05) is 43.2 Å². The molecule has 2 aliphatic heterocycles. The second-order valence-corrected chi connectivity index (χ2v) is 10.3. The summed E-state index contributed by atoms with van der Waals surface area (Å²) in [7, 11) is 1.57. The highest BCUT2D eigenvalue weighted by molar-refractivity contribution is 6.00. The fourth-order valence-corrected chi connectivity index (χ4v) is 6.30. The Balaban J connectivity index is 1.35. The summed E-state index contributed by atoms with van der Waals surface area (Å²) >= 11 is 0. The predicted octanol–water partition coefficient (Wildman–Crippen LogP) is 4.35. The minimum atomic E-state index is -0.494. The number of hydrogen-bond acceptors (Lipinski definition) is 4. The van der Waals surface area contributed by atoms with Crippen LogP contribution in [0.5, 0.6) is 5.75 Å². The molecule has 2 saturated heterocycles. The number of carbonyl (C=O) groups is 3. The van der Waals surface area contributed by atoms with Crippen molar-refractivity contribution in [3.63, 3.8) is 0 Å². The van der Waals surface area contributed by atoms with Crippen molar-refractivity contribution in [2.24, 2.45) is 11.8 Å². The van der Waals surface area contributed by atoms with Crippen molar-refractivity contribution in [2.45, 2.75) is 57.0 Å². The zero-order valence-corrected chi connectivity index (χ0v) is 20.9. The number of nitrogens with zero attached hydrogens (tertiary/aromatic N) is 2. The first-order chi connectivity index (χ1) is 17.6. The normalized spacial score (nSPS) is 25.7. The fourth-order valence-electron chi connectivity index (χ4n) is 6.30. The Labute approximate surface area is 212 Å². The molecule has 190 valence electrons. The number of rotatable bonds is 5. The van der Waals surface area contributed by atoms with Gasteiger partial charge in [0.1, 0.15) is 11.8 Å². The molecule has 3 fully saturated rings. The molecule has 36 heavy (non-hydrogen) atoms. The lowest BCUT2D eigenvalue weighted by atomic mass is 9.84. The molecule has 2 heterocycles. The molecular formula is C29H35N3O4. The summed E-state index contributed by atoms with van der Waals surface area (Å²) in [6.45, 7) is 1.01. The first kappa shape index (κ1) is 24.3. The number of nitrogens with one attached hydrogen (secondary N) is 1. The Morgan fingerprint density at radius 1 is 0.917 bits per heavy atom. The number of fused-ring (bicyclic) bond motifs is 1. The molecule has 5 rings (SSSR count).